The highest BCUT2D eigenvalue weighted by atomic mass is 32.2. The van der Waals surface area contributed by atoms with Crippen molar-refractivity contribution in [3.8, 4) is 23.0 Å². The van der Waals surface area contributed by atoms with Gasteiger partial charge >= 0.3 is 18.0 Å². The summed E-state index contributed by atoms with van der Waals surface area (Å²) in [6.45, 7) is 0. The molecule has 5 N–H and O–H groups in total. The van der Waals surface area contributed by atoms with Gasteiger partial charge in [-0.3, -0.25) is 4.79 Å². The second-order valence-electron chi connectivity index (χ2n) is 10.3. The van der Waals surface area contributed by atoms with Crippen molar-refractivity contribution >= 4 is 29.7 Å². The predicted octanol–water partition coefficient (Wildman–Crippen LogP) is 4.46. The van der Waals surface area contributed by atoms with E-state index in [0.29, 0.717) is 39.0 Å². The molecule has 0 aliphatic carbocycles. The van der Waals surface area contributed by atoms with Gasteiger partial charge in [0.2, 0.25) is 0 Å². The summed E-state index contributed by atoms with van der Waals surface area (Å²) in [5.41, 5.74) is 1.28. The molecule has 0 saturated carbocycles. The molecule has 4 heterocycles. The fourth-order valence-corrected chi connectivity index (χ4v) is 7.46. The number of phenolic OH excluding ortho intramolecular Hbond substituents is 2. The van der Waals surface area contributed by atoms with Crippen molar-refractivity contribution in [2.75, 3.05) is 5.75 Å². The van der Waals surface area contributed by atoms with Gasteiger partial charge in [0.25, 0.3) is 0 Å². The van der Waals surface area contributed by atoms with Crippen LogP contribution in [0.5, 0.6) is 23.0 Å². The lowest BCUT2D eigenvalue weighted by Crippen LogP contribution is -2.36. The number of nitrogens with one attached hydrogen (secondary N) is 2. The number of ether oxygens (including phenoxy) is 2. The number of thioether (sulfide) groups is 1. The minimum absolute atomic E-state index is 0.0371. The largest absolute Gasteiger partial charge is 0.508 e. The van der Waals surface area contributed by atoms with Crippen LogP contribution in [0.15, 0.2) is 60.7 Å². The highest BCUT2D eigenvalue weighted by Gasteiger charge is 2.53. The molecule has 7 rings (SSSR count). The second kappa shape index (κ2) is 10.5. The van der Waals surface area contributed by atoms with E-state index in [0.717, 1.165) is 25.0 Å². The molecule has 0 bridgehead atoms. The molecule has 41 heavy (non-hydrogen) atoms. The first-order chi connectivity index (χ1) is 19.8. The van der Waals surface area contributed by atoms with E-state index < -0.39 is 17.5 Å². The third-order valence-electron chi connectivity index (χ3n) is 7.75. The number of benzene rings is 3. The summed E-state index contributed by atoms with van der Waals surface area (Å²) in [6, 6.07) is 17.0. The first-order valence-corrected chi connectivity index (χ1v) is 14.4. The number of carboxylic acids is 1. The van der Waals surface area contributed by atoms with Crippen molar-refractivity contribution < 1.29 is 39.2 Å². The molecule has 2 saturated heterocycles. The molecule has 212 valence electrons. The monoisotopic (exact) mass is 576 g/mol. The van der Waals surface area contributed by atoms with E-state index in [1.807, 2.05) is 23.9 Å². The van der Waals surface area contributed by atoms with Gasteiger partial charge in [-0.05, 0) is 43.2 Å². The number of amides is 2. The van der Waals surface area contributed by atoms with Gasteiger partial charge in [0.05, 0.1) is 17.6 Å². The van der Waals surface area contributed by atoms with Crippen molar-refractivity contribution in [1.29, 1.82) is 0 Å². The molecule has 4 aliphatic heterocycles. The first-order valence-electron chi connectivity index (χ1n) is 13.3. The standard InChI is InChI=1S/C20H12O5.C10H16N2O3S/c21-11-5-7-15-17(9-11)24-18-10-12(22)6-8-16(18)20(15)14-4-2-1-3-13(14)19(23)25-20;13-8(14)4-2-1-3-7-9-6(5-16-7)11-10(15)12-9/h1-10,21-22H;6-7,9H,1-5H2,(H,13,14)(H2,11,12,15)/t;6-,7-,9-/m.0/s1. The summed E-state index contributed by atoms with van der Waals surface area (Å²) < 4.78 is 11.8. The van der Waals surface area contributed by atoms with E-state index in [2.05, 4.69) is 10.6 Å². The topological polar surface area (TPSA) is 154 Å². The van der Waals surface area contributed by atoms with Crippen molar-refractivity contribution in [3.05, 3.63) is 82.9 Å². The number of carbonyl (C=O) groups is 3. The van der Waals surface area contributed by atoms with E-state index in [4.69, 9.17) is 14.6 Å². The van der Waals surface area contributed by atoms with Gasteiger partial charge in [-0.2, -0.15) is 11.8 Å². The number of unbranched alkanes of at least 4 members (excludes halogenated alkanes) is 1. The van der Waals surface area contributed by atoms with Gasteiger partial charge in [0.1, 0.15) is 23.0 Å². The minimum Gasteiger partial charge on any atom is -0.508 e. The van der Waals surface area contributed by atoms with Crippen molar-refractivity contribution in [3.63, 3.8) is 0 Å². The van der Waals surface area contributed by atoms with Gasteiger partial charge in [0.15, 0.2) is 5.60 Å². The molecule has 0 unspecified atom stereocenters. The predicted molar refractivity (Wildman–Crippen MR) is 150 cm³/mol. The molecule has 11 heteroatoms. The van der Waals surface area contributed by atoms with Crippen LogP contribution in [0.2, 0.25) is 0 Å². The Morgan fingerprint density at radius 1 is 0.927 bits per heavy atom. The molecule has 4 aliphatic rings. The Bertz CT molecular complexity index is 1490. The number of aliphatic carboxylic acids is 1. The Morgan fingerprint density at radius 2 is 1.61 bits per heavy atom. The molecule has 3 atom stereocenters. The zero-order valence-corrected chi connectivity index (χ0v) is 22.6. The van der Waals surface area contributed by atoms with Gasteiger partial charge < -0.3 is 35.4 Å². The molecule has 2 amide bonds. The number of rotatable bonds is 5. The quantitative estimate of drug-likeness (QED) is 0.168. The number of esters is 1. The van der Waals surface area contributed by atoms with Crippen LogP contribution in [-0.2, 0) is 15.1 Å². The molecule has 0 radical (unpaired) electrons. The molecule has 2 fully saturated rings. The van der Waals surface area contributed by atoms with Crippen LogP contribution in [0.25, 0.3) is 0 Å². The summed E-state index contributed by atoms with van der Waals surface area (Å²) in [5.74, 6) is 0.645. The Kier molecular flexibility index (Phi) is 6.90. The van der Waals surface area contributed by atoms with E-state index in [9.17, 15) is 24.6 Å². The Balaban J connectivity index is 0.000000164. The molecule has 0 aromatic heterocycles. The van der Waals surface area contributed by atoms with Gasteiger partial charge in [0, 0.05) is 46.2 Å². The fraction of sp³-hybridized carbons (Fsp3) is 0.300. The van der Waals surface area contributed by atoms with E-state index in [1.54, 1.807) is 24.3 Å². The lowest BCUT2D eigenvalue weighted by atomic mass is 9.77. The number of carboxylic acid groups (broad SMARTS) is 1. The third kappa shape index (κ3) is 4.80. The number of phenols is 2. The zero-order valence-electron chi connectivity index (χ0n) is 21.8. The fourth-order valence-electron chi connectivity index (χ4n) is 5.92. The maximum Gasteiger partial charge on any atom is 0.340 e. The lowest BCUT2D eigenvalue weighted by molar-refractivity contribution is -0.137. The van der Waals surface area contributed by atoms with Crippen LogP contribution < -0.4 is 15.4 Å². The summed E-state index contributed by atoms with van der Waals surface area (Å²) in [7, 11) is 0. The maximum atomic E-state index is 12.5. The normalized spacial score (nSPS) is 22.1. The lowest BCUT2D eigenvalue weighted by Gasteiger charge is -2.36. The minimum atomic E-state index is -1.17. The van der Waals surface area contributed by atoms with Crippen LogP contribution in [0.1, 0.15) is 52.7 Å². The van der Waals surface area contributed by atoms with Gasteiger partial charge in [-0.25, -0.2) is 9.59 Å². The molecule has 1 spiro atoms. The van der Waals surface area contributed by atoms with E-state index >= 15 is 0 Å². The van der Waals surface area contributed by atoms with Crippen molar-refractivity contribution in [2.24, 2.45) is 0 Å². The zero-order chi connectivity index (χ0) is 28.7. The second-order valence-corrected chi connectivity index (χ2v) is 11.6. The van der Waals surface area contributed by atoms with E-state index in [-0.39, 0.29) is 36.0 Å². The van der Waals surface area contributed by atoms with Crippen molar-refractivity contribution in [2.45, 2.75) is 48.6 Å². The Morgan fingerprint density at radius 3 is 2.29 bits per heavy atom. The molecular formula is C30H28N2O8S. The number of fused-ring (bicyclic) bond motifs is 7. The van der Waals surface area contributed by atoms with Gasteiger partial charge in [-0.15, -0.1) is 0 Å². The molecular weight excluding hydrogens is 548 g/mol. The molecule has 3 aromatic carbocycles. The van der Waals surface area contributed by atoms with Gasteiger partial charge in [-0.1, -0.05) is 24.6 Å². The van der Waals surface area contributed by atoms with Crippen LogP contribution in [0.4, 0.5) is 4.79 Å². The number of urea groups is 1. The SMILES string of the molecule is O=C(O)CCCC[C@@H]1SC[C@@H]2NC(=O)N[C@@H]21.O=C1OC2(c3ccc(O)cc3Oc3cc(O)ccc32)c2ccccc21. The van der Waals surface area contributed by atoms with Crippen LogP contribution in [-0.4, -0.2) is 56.4 Å². The average Bonchev–Trinajstić information content (AvgIpc) is 3.58. The summed E-state index contributed by atoms with van der Waals surface area (Å²) in [5, 5.41) is 34.4. The van der Waals surface area contributed by atoms with E-state index in [1.165, 1.54) is 24.3 Å². The average molecular weight is 577 g/mol. The maximum absolute atomic E-state index is 12.5. The summed E-state index contributed by atoms with van der Waals surface area (Å²) >= 11 is 1.87. The summed E-state index contributed by atoms with van der Waals surface area (Å²) in [4.78, 5) is 34.0. The number of aromatic hydroxyl groups is 2. The highest BCUT2D eigenvalue weighted by Crippen LogP contribution is 2.56. The first kappa shape index (κ1) is 26.8. The smallest absolute Gasteiger partial charge is 0.340 e. The Hall–Kier alpha value is -4.38. The third-order valence-corrected chi connectivity index (χ3v) is 9.26. The van der Waals surface area contributed by atoms with Crippen LogP contribution in [0.3, 0.4) is 0 Å². The van der Waals surface area contributed by atoms with Crippen molar-refractivity contribution in [1.82, 2.24) is 10.6 Å². The Labute approximate surface area is 239 Å². The number of hydrogen-bond acceptors (Lipinski definition) is 8. The molecule has 3 aromatic rings. The highest BCUT2D eigenvalue weighted by molar-refractivity contribution is 8.00. The molecule has 10 nitrogen and oxygen atoms in total. The van der Waals surface area contributed by atoms with Crippen LogP contribution in [0, 0.1) is 0 Å². The van der Waals surface area contributed by atoms with Crippen LogP contribution >= 0.6 is 11.8 Å². The number of carbonyl (C=O) groups excluding carboxylic acids is 2. The number of hydrogen-bond donors (Lipinski definition) is 5. The summed E-state index contributed by atoms with van der Waals surface area (Å²) in [6.07, 6.45) is 2.88.